The molecule has 1 aliphatic heterocycles. The molecule has 0 fully saturated rings. The van der Waals surface area contributed by atoms with E-state index in [0.29, 0.717) is 0 Å². The molecular weight excluding hydrogens is 164 g/mol. The molecule has 1 rings (SSSR count). The number of carbonyl (C=O) groups excluding carboxylic acids is 3. The Kier molecular flexibility index (Phi) is 2.23. The second-order valence-corrected chi connectivity index (χ2v) is 2.16. The van der Waals surface area contributed by atoms with Crippen molar-refractivity contribution >= 4 is 17.9 Å². The van der Waals surface area contributed by atoms with E-state index >= 15 is 0 Å². The normalized spacial score (nSPS) is 15.6. The lowest BCUT2D eigenvalue weighted by Gasteiger charge is -1.98. The zero-order valence-corrected chi connectivity index (χ0v) is 6.33. The first-order chi connectivity index (χ1) is 5.59. The van der Waals surface area contributed by atoms with Crippen molar-refractivity contribution in [2.45, 2.75) is 6.92 Å². The number of rotatable bonds is 2. The maximum atomic E-state index is 10.7. The summed E-state index contributed by atoms with van der Waals surface area (Å²) in [5, 5.41) is 0. The molecule has 5 heteroatoms. The monoisotopic (exact) mass is 170 g/mol. The molecule has 0 bridgehead atoms. The van der Waals surface area contributed by atoms with E-state index < -0.39 is 17.9 Å². The van der Waals surface area contributed by atoms with Gasteiger partial charge in [0.1, 0.15) is 6.61 Å². The van der Waals surface area contributed by atoms with Gasteiger partial charge in [-0.25, -0.2) is 9.59 Å². The average molecular weight is 170 g/mol. The highest BCUT2D eigenvalue weighted by molar-refractivity contribution is 6.09. The lowest BCUT2D eigenvalue weighted by atomic mass is 10.3. The summed E-state index contributed by atoms with van der Waals surface area (Å²) < 4.78 is 8.63. The molecule has 0 aromatic carbocycles. The summed E-state index contributed by atoms with van der Waals surface area (Å²) in [6.45, 7) is 1.00. The summed E-state index contributed by atoms with van der Waals surface area (Å²) >= 11 is 0. The van der Waals surface area contributed by atoms with Crippen LogP contribution in [0.2, 0.25) is 0 Å². The molecule has 0 radical (unpaired) electrons. The largest absolute Gasteiger partial charge is 0.461 e. The molecule has 1 heterocycles. The maximum Gasteiger partial charge on any atom is 0.345 e. The molecule has 0 spiro atoms. The first-order valence-corrected chi connectivity index (χ1v) is 3.19. The standard InChI is InChI=1S/C7H6O5/c1-4(8)11-3-5-2-6(9)12-7(5)10/h2H,3H2,1H3. The molecule has 0 unspecified atom stereocenters. The van der Waals surface area contributed by atoms with Gasteiger partial charge in [-0.1, -0.05) is 0 Å². The molecule has 0 aromatic rings. The van der Waals surface area contributed by atoms with Crippen LogP contribution in [0.3, 0.4) is 0 Å². The Bertz CT molecular complexity index is 276. The maximum absolute atomic E-state index is 10.7. The molecular formula is C7H6O5. The molecule has 64 valence electrons. The van der Waals surface area contributed by atoms with Gasteiger partial charge in [0.15, 0.2) is 0 Å². The van der Waals surface area contributed by atoms with Crippen molar-refractivity contribution in [2.24, 2.45) is 0 Å². The van der Waals surface area contributed by atoms with E-state index in [4.69, 9.17) is 0 Å². The second-order valence-electron chi connectivity index (χ2n) is 2.16. The molecule has 0 atom stereocenters. The Labute approximate surface area is 67.9 Å². The van der Waals surface area contributed by atoms with Gasteiger partial charge in [0.05, 0.1) is 5.57 Å². The Balaban J connectivity index is 2.52. The van der Waals surface area contributed by atoms with Crippen LogP contribution in [0.5, 0.6) is 0 Å². The van der Waals surface area contributed by atoms with E-state index in [0.717, 1.165) is 6.08 Å². The van der Waals surface area contributed by atoms with Gasteiger partial charge in [-0.2, -0.15) is 0 Å². The number of ether oxygens (including phenoxy) is 2. The molecule has 0 saturated carbocycles. The summed E-state index contributed by atoms with van der Waals surface area (Å²) in [6, 6.07) is 0. The summed E-state index contributed by atoms with van der Waals surface area (Å²) in [5.41, 5.74) is 0.0650. The third kappa shape index (κ3) is 1.91. The minimum absolute atomic E-state index is 0.0650. The zero-order valence-electron chi connectivity index (χ0n) is 6.33. The molecule has 0 amide bonds. The summed E-state index contributed by atoms with van der Waals surface area (Å²) in [4.78, 5) is 31.4. The second kappa shape index (κ2) is 3.17. The van der Waals surface area contributed by atoms with Crippen LogP contribution in [-0.4, -0.2) is 24.5 Å². The van der Waals surface area contributed by atoms with Crippen LogP contribution in [0.15, 0.2) is 11.6 Å². The number of esters is 3. The predicted molar refractivity (Wildman–Crippen MR) is 35.8 cm³/mol. The van der Waals surface area contributed by atoms with E-state index in [1.807, 2.05) is 0 Å². The smallest absolute Gasteiger partial charge is 0.345 e. The van der Waals surface area contributed by atoms with Crippen LogP contribution in [0, 0.1) is 0 Å². The minimum atomic E-state index is -0.749. The van der Waals surface area contributed by atoms with Crippen LogP contribution in [0.4, 0.5) is 0 Å². The Morgan fingerprint density at radius 3 is 2.67 bits per heavy atom. The summed E-state index contributed by atoms with van der Waals surface area (Å²) in [5.74, 6) is -1.98. The number of cyclic esters (lactones) is 2. The number of hydrogen-bond acceptors (Lipinski definition) is 5. The molecule has 12 heavy (non-hydrogen) atoms. The van der Waals surface area contributed by atoms with Crippen molar-refractivity contribution in [3.63, 3.8) is 0 Å². The quantitative estimate of drug-likeness (QED) is 0.415. The van der Waals surface area contributed by atoms with Crippen LogP contribution in [0.1, 0.15) is 6.92 Å². The molecule has 0 N–H and O–H groups in total. The molecule has 5 nitrogen and oxygen atoms in total. The highest BCUT2D eigenvalue weighted by Crippen LogP contribution is 2.07. The van der Waals surface area contributed by atoms with Crippen molar-refractivity contribution in [1.29, 1.82) is 0 Å². The van der Waals surface area contributed by atoms with Gasteiger partial charge in [-0.15, -0.1) is 0 Å². The van der Waals surface area contributed by atoms with E-state index in [1.54, 1.807) is 0 Å². The van der Waals surface area contributed by atoms with E-state index in [1.165, 1.54) is 6.92 Å². The van der Waals surface area contributed by atoms with Crippen molar-refractivity contribution in [3.05, 3.63) is 11.6 Å². The first-order valence-electron chi connectivity index (χ1n) is 3.19. The molecule has 0 saturated heterocycles. The lowest BCUT2D eigenvalue weighted by Crippen LogP contribution is -2.09. The third-order valence-corrected chi connectivity index (χ3v) is 1.18. The highest BCUT2D eigenvalue weighted by Gasteiger charge is 2.23. The summed E-state index contributed by atoms with van der Waals surface area (Å²) in [6.07, 6.45) is 1.01. The van der Waals surface area contributed by atoms with Gasteiger partial charge in [0.25, 0.3) is 0 Å². The van der Waals surface area contributed by atoms with E-state index in [-0.39, 0.29) is 12.2 Å². The van der Waals surface area contributed by atoms with Crippen LogP contribution >= 0.6 is 0 Å². The Hall–Kier alpha value is -1.65. The molecule has 0 aliphatic carbocycles. The van der Waals surface area contributed by atoms with Crippen LogP contribution < -0.4 is 0 Å². The third-order valence-electron chi connectivity index (χ3n) is 1.18. The van der Waals surface area contributed by atoms with Crippen molar-refractivity contribution in [2.75, 3.05) is 6.61 Å². The first kappa shape index (κ1) is 8.45. The Morgan fingerprint density at radius 2 is 2.25 bits per heavy atom. The number of hydrogen-bond donors (Lipinski definition) is 0. The average Bonchev–Trinajstić information content (AvgIpc) is 2.26. The van der Waals surface area contributed by atoms with Gasteiger partial charge >= 0.3 is 17.9 Å². The van der Waals surface area contributed by atoms with Crippen LogP contribution in [0.25, 0.3) is 0 Å². The van der Waals surface area contributed by atoms with Gasteiger partial charge < -0.3 is 9.47 Å². The fraction of sp³-hybridized carbons (Fsp3) is 0.286. The topological polar surface area (TPSA) is 69.7 Å². The van der Waals surface area contributed by atoms with Crippen molar-refractivity contribution in [3.8, 4) is 0 Å². The predicted octanol–water partition coefficient (Wildman–Crippen LogP) is -0.441. The van der Waals surface area contributed by atoms with Gasteiger partial charge in [0, 0.05) is 13.0 Å². The molecule has 0 aromatic heterocycles. The zero-order chi connectivity index (χ0) is 9.14. The fourth-order valence-corrected chi connectivity index (χ4v) is 0.668. The SMILES string of the molecule is CC(=O)OCC1=CC(=O)OC1=O. The number of carbonyl (C=O) groups is 3. The van der Waals surface area contributed by atoms with E-state index in [9.17, 15) is 14.4 Å². The fourth-order valence-electron chi connectivity index (χ4n) is 0.668. The van der Waals surface area contributed by atoms with E-state index in [2.05, 4.69) is 9.47 Å². The van der Waals surface area contributed by atoms with Gasteiger partial charge in [-0.05, 0) is 0 Å². The van der Waals surface area contributed by atoms with Crippen LogP contribution in [-0.2, 0) is 23.9 Å². The van der Waals surface area contributed by atoms with Gasteiger partial charge in [0.2, 0.25) is 0 Å². The minimum Gasteiger partial charge on any atom is -0.461 e. The molecule has 1 aliphatic rings. The van der Waals surface area contributed by atoms with Gasteiger partial charge in [-0.3, -0.25) is 4.79 Å². The van der Waals surface area contributed by atoms with Crippen molar-refractivity contribution in [1.82, 2.24) is 0 Å². The summed E-state index contributed by atoms with van der Waals surface area (Å²) in [7, 11) is 0. The lowest BCUT2D eigenvalue weighted by molar-refractivity contribution is -0.150. The Morgan fingerprint density at radius 1 is 1.58 bits per heavy atom. The highest BCUT2D eigenvalue weighted by atomic mass is 16.6. The van der Waals surface area contributed by atoms with Crippen molar-refractivity contribution < 1.29 is 23.9 Å².